The van der Waals surface area contributed by atoms with Gasteiger partial charge in [-0.3, -0.25) is 4.79 Å². The minimum absolute atomic E-state index is 0.105. The lowest BCUT2D eigenvalue weighted by molar-refractivity contribution is 0.103. The molecule has 0 aliphatic carbocycles. The van der Waals surface area contributed by atoms with Crippen molar-refractivity contribution in [1.82, 2.24) is 5.16 Å². The number of ketones is 1. The first kappa shape index (κ1) is 10.4. The van der Waals surface area contributed by atoms with Crippen molar-refractivity contribution in [2.75, 3.05) is 0 Å². The van der Waals surface area contributed by atoms with Gasteiger partial charge in [0, 0.05) is 6.07 Å². The molecule has 0 fully saturated rings. The Labute approximate surface area is 81.4 Å². The third-order valence-electron chi connectivity index (χ3n) is 1.76. The van der Waals surface area contributed by atoms with Crippen LogP contribution in [0.2, 0.25) is 0 Å². The zero-order valence-electron chi connectivity index (χ0n) is 7.93. The van der Waals surface area contributed by atoms with Gasteiger partial charge in [-0.25, -0.2) is 0 Å². The van der Waals surface area contributed by atoms with Gasteiger partial charge >= 0.3 is 0 Å². The van der Waals surface area contributed by atoms with Gasteiger partial charge in [0.05, 0.1) is 5.69 Å². The molecular formula is C9H12N2O3. The van der Waals surface area contributed by atoms with Gasteiger partial charge in [-0.05, 0) is 12.8 Å². The van der Waals surface area contributed by atoms with Crippen molar-refractivity contribution in [3.63, 3.8) is 0 Å². The lowest BCUT2D eigenvalue weighted by Gasteiger charge is -1.88. The molecule has 1 heterocycles. The Bertz CT molecular complexity index is 331. The number of aromatic nitrogens is 1. The van der Waals surface area contributed by atoms with E-state index in [1.54, 1.807) is 6.07 Å². The van der Waals surface area contributed by atoms with Gasteiger partial charge in [-0.15, -0.1) is 0 Å². The first-order valence-electron chi connectivity index (χ1n) is 4.45. The Morgan fingerprint density at radius 2 is 2.57 bits per heavy atom. The number of carbonyl (C=O) groups is 1. The molecule has 0 saturated carbocycles. The van der Waals surface area contributed by atoms with Crippen LogP contribution in [0.5, 0.6) is 0 Å². The van der Waals surface area contributed by atoms with E-state index in [0.717, 1.165) is 31.2 Å². The fourth-order valence-corrected chi connectivity index (χ4v) is 1.02. The van der Waals surface area contributed by atoms with Gasteiger partial charge in [-0.1, -0.05) is 23.7 Å². The lowest BCUT2D eigenvalue weighted by atomic mass is 10.2. The minimum atomic E-state index is -0.484. The fraction of sp³-hybridized carbons (Fsp3) is 0.444. The molecule has 0 radical (unpaired) electrons. The Kier molecular flexibility index (Phi) is 3.84. The number of oxime groups is 1. The average Bonchev–Trinajstić information content (AvgIpc) is 2.63. The van der Waals surface area contributed by atoms with Gasteiger partial charge in [0.15, 0.2) is 0 Å². The van der Waals surface area contributed by atoms with E-state index in [9.17, 15) is 4.79 Å². The van der Waals surface area contributed by atoms with Crippen molar-refractivity contribution in [2.45, 2.75) is 26.2 Å². The summed E-state index contributed by atoms with van der Waals surface area (Å²) in [6.07, 6.45) is 3.65. The maximum Gasteiger partial charge on any atom is 0.245 e. The Hall–Kier alpha value is -1.65. The number of carbonyl (C=O) groups excluding carboxylic acids is 1. The zero-order valence-corrected chi connectivity index (χ0v) is 7.93. The summed E-state index contributed by atoms with van der Waals surface area (Å²) in [6.45, 7) is 2.07. The van der Waals surface area contributed by atoms with Gasteiger partial charge in [0.25, 0.3) is 0 Å². The smallest absolute Gasteiger partial charge is 0.245 e. The van der Waals surface area contributed by atoms with Crippen LogP contribution in [0.25, 0.3) is 0 Å². The highest BCUT2D eigenvalue weighted by atomic mass is 16.5. The number of aryl methyl sites for hydroxylation is 1. The summed E-state index contributed by atoms with van der Waals surface area (Å²) >= 11 is 0. The predicted molar refractivity (Wildman–Crippen MR) is 49.7 cm³/mol. The third kappa shape index (κ3) is 2.69. The highest BCUT2D eigenvalue weighted by Crippen LogP contribution is 2.07. The Morgan fingerprint density at radius 1 is 1.79 bits per heavy atom. The van der Waals surface area contributed by atoms with Crippen LogP contribution in [-0.4, -0.2) is 22.4 Å². The molecule has 1 aromatic rings. The van der Waals surface area contributed by atoms with Crippen LogP contribution in [0.3, 0.4) is 0 Å². The largest absolute Gasteiger partial charge is 0.411 e. The molecule has 0 atom stereocenters. The summed E-state index contributed by atoms with van der Waals surface area (Å²) in [5, 5.41) is 14.5. The summed E-state index contributed by atoms with van der Waals surface area (Å²) < 4.78 is 4.77. The van der Waals surface area contributed by atoms with Crippen molar-refractivity contribution in [2.24, 2.45) is 5.16 Å². The zero-order chi connectivity index (χ0) is 10.4. The fourth-order valence-electron chi connectivity index (χ4n) is 1.02. The monoisotopic (exact) mass is 196 g/mol. The predicted octanol–water partition coefficient (Wildman–Crippen LogP) is 1.66. The molecule has 0 amide bonds. The lowest BCUT2D eigenvalue weighted by Crippen LogP contribution is -1.97. The van der Waals surface area contributed by atoms with Crippen LogP contribution in [0.15, 0.2) is 15.7 Å². The second kappa shape index (κ2) is 5.16. The highest BCUT2D eigenvalue weighted by molar-refractivity contribution is 6.34. The Balaban J connectivity index is 2.63. The second-order valence-electron chi connectivity index (χ2n) is 2.89. The summed E-state index contributed by atoms with van der Waals surface area (Å²) in [6, 6.07) is 1.57. The first-order chi connectivity index (χ1) is 6.77. The first-order valence-corrected chi connectivity index (χ1v) is 4.45. The third-order valence-corrected chi connectivity index (χ3v) is 1.76. The van der Waals surface area contributed by atoms with E-state index < -0.39 is 5.78 Å². The highest BCUT2D eigenvalue weighted by Gasteiger charge is 2.10. The molecule has 1 rings (SSSR count). The standard InChI is InChI=1S/C9H12N2O3/c1-2-3-4-7-5-9(14-11-7)8(12)6-10-13/h5-6,13H,2-4H2,1H3. The summed E-state index contributed by atoms with van der Waals surface area (Å²) in [5.74, 6) is -0.378. The van der Waals surface area contributed by atoms with Crippen LogP contribution >= 0.6 is 0 Å². The number of Topliss-reactive ketones (excluding diaryl/α,β-unsaturated/α-hetero) is 1. The molecule has 5 nitrogen and oxygen atoms in total. The van der Waals surface area contributed by atoms with Gasteiger partial charge in [-0.2, -0.15) is 0 Å². The molecule has 0 spiro atoms. The molecule has 1 aromatic heterocycles. The van der Waals surface area contributed by atoms with E-state index in [1.165, 1.54) is 0 Å². The van der Waals surface area contributed by atoms with Crippen molar-refractivity contribution < 1.29 is 14.5 Å². The normalized spacial score (nSPS) is 10.9. The van der Waals surface area contributed by atoms with Crippen molar-refractivity contribution in [3.05, 3.63) is 17.5 Å². The van der Waals surface area contributed by atoms with E-state index in [2.05, 4.69) is 17.2 Å². The number of hydrogen-bond donors (Lipinski definition) is 1. The van der Waals surface area contributed by atoms with Crippen LogP contribution in [-0.2, 0) is 6.42 Å². The van der Waals surface area contributed by atoms with Crippen LogP contribution in [0.1, 0.15) is 36.0 Å². The van der Waals surface area contributed by atoms with Crippen LogP contribution in [0, 0.1) is 0 Å². The van der Waals surface area contributed by atoms with E-state index >= 15 is 0 Å². The van der Waals surface area contributed by atoms with Gasteiger partial charge in [0.1, 0.15) is 6.21 Å². The Morgan fingerprint density at radius 3 is 3.21 bits per heavy atom. The van der Waals surface area contributed by atoms with Gasteiger partial charge < -0.3 is 9.73 Å². The van der Waals surface area contributed by atoms with Crippen molar-refractivity contribution in [3.8, 4) is 0 Å². The van der Waals surface area contributed by atoms with Crippen LogP contribution < -0.4 is 0 Å². The molecule has 0 aromatic carbocycles. The maximum atomic E-state index is 11.1. The summed E-state index contributed by atoms with van der Waals surface area (Å²) in [7, 11) is 0. The molecular weight excluding hydrogens is 184 g/mol. The SMILES string of the molecule is CCCCc1cc(C(=O)C=NO)on1. The van der Waals surface area contributed by atoms with Gasteiger partial charge in [0.2, 0.25) is 11.5 Å². The number of nitrogens with zero attached hydrogens (tertiary/aromatic N) is 2. The van der Waals surface area contributed by atoms with Crippen molar-refractivity contribution >= 4 is 12.0 Å². The van der Waals surface area contributed by atoms with E-state index in [1.807, 2.05) is 0 Å². The average molecular weight is 196 g/mol. The maximum absolute atomic E-state index is 11.1. The second-order valence-corrected chi connectivity index (χ2v) is 2.89. The molecule has 0 aliphatic rings. The summed E-state index contributed by atoms with van der Waals surface area (Å²) in [4.78, 5) is 11.1. The van der Waals surface area contributed by atoms with E-state index in [-0.39, 0.29) is 5.76 Å². The molecule has 5 heteroatoms. The molecule has 0 bridgehead atoms. The summed E-state index contributed by atoms with van der Waals surface area (Å²) in [5.41, 5.74) is 0.751. The number of unbranched alkanes of at least 4 members (excludes halogenated alkanes) is 1. The molecule has 14 heavy (non-hydrogen) atoms. The molecule has 0 saturated heterocycles. The molecule has 76 valence electrons. The van der Waals surface area contributed by atoms with E-state index in [4.69, 9.17) is 9.73 Å². The van der Waals surface area contributed by atoms with E-state index in [0.29, 0.717) is 0 Å². The molecule has 0 aliphatic heterocycles. The molecule has 0 unspecified atom stereocenters. The minimum Gasteiger partial charge on any atom is -0.411 e. The van der Waals surface area contributed by atoms with Crippen LogP contribution in [0.4, 0.5) is 0 Å². The number of rotatable bonds is 5. The topological polar surface area (TPSA) is 75.7 Å². The molecule has 1 N–H and O–H groups in total. The number of hydrogen-bond acceptors (Lipinski definition) is 5. The van der Waals surface area contributed by atoms with Crippen molar-refractivity contribution in [1.29, 1.82) is 0 Å². The quantitative estimate of drug-likeness (QED) is 0.336.